The van der Waals surface area contributed by atoms with Crippen LogP contribution in [-0.2, 0) is 10.0 Å². The average molecular weight is 354 g/mol. The maximum absolute atomic E-state index is 11.7. The van der Waals surface area contributed by atoms with E-state index in [9.17, 15) is 18.5 Å². The summed E-state index contributed by atoms with van der Waals surface area (Å²) in [5, 5.41) is 16.7. The van der Waals surface area contributed by atoms with E-state index in [-0.39, 0.29) is 0 Å². The second-order valence-corrected chi connectivity index (χ2v) is 7.94. The standard InChI is InChI=1S/C15H22N4O4S/c16-24(22,23)14-7-3-6-13(15(14)19(20)21)18-10-4-5-12(11-18)17-8-1-2-9-17/h3,6-7,12H,1-2,4-5,8-11H2,(H2,16,22,23). The van der Waals surface area contributed by atoms with Crippen LogP contribution >= 0.6 is 0 Å². The molecule has 8 nitrogen and oxygen atoms in total. The number of nitrogens with zero attached hydrogens (tertiary/aromatic N) is 3. The van der Waals surface area contributed by atoms with Gasteiger partial charge in [0.15, 0.2) is 4.90 Å². The minimum Gasteiger partial charge on any atom is -0.364 e. The fraction of sp³-hybridized carbons (Fsp3) is 0.600. The lowest BCUT2D eigenvalue weighted by atomic mass is 10.0. The Hall–Kier alpha value is -1.71. The molecule has 0 amide bonds. The summed E-state index contributed by atoms with van der Waals surface area (Å²) in [5.41, 5.74) is -0.0718. The number of hydrogen-bond acceptors (Lipinski definition) is 6. The van der Waals surface area contributed by atoms with Gasteiger partial charge in [0, 0.05) is 19.1 Å². The van der Waals surface area contributed by atoms with Crippen LogP contribution in [-0.4, -0.2) is 50.5 Å². The zero-order valence-electron chi connectivity index (χ0n) is 13.4. The summed E-state index contributed by atoms with van der Waals surface area (Å²) >= 11 is 0. The fourth-order valence-electron chi connectivity index (χ4n) is 3.76. The predicted molar refractivity (Wildman–Crippen MR) is 90.5 cm³/mol. The number of piperidine rings is 1. The molecule has 0 aliphatic carbocycles. The molecule has 0 saturated carbocycles. The van der Waals surface area contributed by atoms with Gasteiger partial charge in [0.05, 0.1) is 4.92 Å². The minimum atomic E-state index is -4.15. The summed E-state index contributed by atoms with van der Waals surface area (Å²) in [5.74, 6) is 0. The summed E-state index contributed by atoms with van der Waals surface area (Å²) in [6, 6.07) is 4.68. The quantitative estimate of drug-likeness (QED) is 0.645. The third kappa shape index (κ3) is 3.38. The Bertz CT molecular complexity index is 731. The second-order valence-electron chi connectivity index (χ2n) is 6.41. The summed E-state index contributed by atoms with van der Waals surface area (Å²) in [6.07, 6.45) is 4.38. The Kier molecular flexibility index (Phi) is 4.75. The fourth-order valence-corrected chi connectivity index (χ4v) is 4.47. The van der Waals surface area contributed by atoms with Crippen LogP contribution in [0.2, 0.25) is 0 Å². The van der Waals surface area contributed by atoms with Crippen molar-refractivity contribution < 1.29 is 13.3 Å². The monoisotopic (exact) mass is 354 g/mol. The molecule has 2 aliphatic rings. The van der Waals surface area contributed by atoms with Crippen LogP contribution in [0.5, 0.6) is 0 Å². The van der Waals surface area contributed by atoms with Crippen molar-refractivity contribution in [2.45, 2.75) is 36.6 Å². The molecule has 2 N–H and O–H groups in total. The lowest BCUT2D eigenvalue weighted by Gasteiger charge is -2.38. The zero-order chi connectivity index (χ0) is 17.3. The Labute approximate surface area is 141 Å². The number of para-hydroxylation sites is 1. The number of benzene rings is 1. The summed E-state index contributed by atoms with van der Waals surface area (Å²) in [7, 11) is -4.15. The van der Waals surface area contributed by atoms with Gasteiger partial charge in [0.1, 0.15) is 5.69 Å². The van der Waals surface area contributed by atoms with Gasteiger partial charge in [-0.15, -0.1) is 0 Å². The van der Waals surface area contributed by atoms with E-state index in [1.54, 1.807) is 6.07 Å². The first-order valence-electron chi connectivity index (χ1n) is 8.17. The van der Waals surface area contributed by atoms with Crippen molar-refractivity contribution in [3.8, 4) is 0 Å². The average Bonchev–Trinajstić information content (AvgIpc) is 3.08. The van der Waals surface area contributed by atoms with E-state index in [4.69, 9.17) is 5.14 Å². The normalized spacial score (nSPS) is 22.7. The highest BCUT2D eigenvalue weighted by Crippen LogP contribution is 2.36. The molecule has 0 aromatic heterocycles. The largest absolute Gasteiger partial charge is 0.364 e. The van der Waals surface area contributed by atoms with Crippen LogP contribution in [0.1, 0.15) is 25.7 Å². The third-order valence-electron chi connectivity index (χ3n) is 4.86. The molecule has 2 saturated heterocycles. The number of rotatable bonds is 4. The lowest BCUT2D eigenvalue weighted by Crippen LogP contribution is -2.47. The van der Waals surface area contributed by atoms with Crippen molar-refractivity contribution in [3.63, 3.8) is 0 Å². The molecule has 9 heteroatoms. The SMILES string of the molecule is NS(=O)(=O)c1cccc(N2CCCC(N3CCCC3)C2)c1[N+](=O)[O-]. The topological polar surface area (TPSA) is 110 Å². The van der Waals surface area contributed by atoms with Crippen molar-refractivity contribution in [2.75, 3.05) is 31.1 Å². The highest BCUT2D eigenvalue weighted by molar-refractivity contribution is 7.89. The van der Waals surface area contributed by atoms with E-state index in [2.05, 4.69) is 4.90 Å². The van der Waals surface area contributed by atoms with Gasteiger partial charge in [-0.2, -0.15) is 0 Å². The zero-order valence-corrected chi connectivity index (χ0v) is 14.2. The molecule has 0 bridgehead atoms. The predicted octanol–water partition coefficient (Wildman–Crippen LogP) is 1.31. The van der Waals surface area contributed by atoms with Gasteiger partial charge < -0.3 is 4.90 Å². The van der Waals surface area contributed by atoms with Crippen molar-refractivity contribution in [1.82, 2.24) is 4.90 Å². The van der Waals surface area contributed by atoms with Crippen molar-refractivity contribution >= 4 is 21.4 Å². The summed E-state index contributed by atoms with van der Waals surface area (Å²) in [6.45, 7) is 3.49. The van der Waals surface area contributed by atoms with Gasteiger partial charge in [-0.25, -0.2) is 13.6 Å². The molecule has 2 heterocycles. The second kappa shape index (κ2) is 6.66. The first kappa shape index (κ1) is 17.1. The van der Waals surface area contributed by atoms with E-state index < -0.39 is 25.5 Å². The first-order chi connectivity index (χ1) is 11.4. The molecule has 1 aromatic carbocycles. The number of nitrogens with two attached hydrogens (primary N) is 1. The van der Waals surface area contributed by atoms with E-state index in [1.165, 1.54) is 25.0 Å². The van der Waals surface area contributed by atoms with E-state index >= 15 is 0 Å². The molecule has 1 aromatic rings. The molecule has 1 atom stereocenters. The highest BCUT2D eigenvalue weighted by atomic mass is 32.2. The van der Waals surface area contributed by atoms with Gasteiger partial charge in [-0.3, -0.25) is 15.0 Å². The van der Waals surface area contributed by atoms with Crippen molar-refractivity contribution in [2.24, 2.45) is 5.14 Å². The molecule has 2 fully saturated rings. The first-order valence-corrected chi connectivity index (χ1v) is 9.72. The number of primary sulfonamides is 1. The number of nitro benzene ring substituents is 1. The highest BCUT2D eigenvalue weighted by Gasteiger charge is 2.33. The van der Waals surface area contributed by atoms with Crippen LogP contribution in [0, 0.1) is 10.1 Å². The van der Waals surface area contributed by atoms with Gasteiger partial charge in [-0.1, -0.05) is 6.07 Å². The van der Waals surface area contributed by atoms with Gasteiger partial charge in [0.2, 0.25) is 10.0 Å². The maximum Gasteiger partial charge on any atom is 0.312 e. The maximum atomic E-state index is 11.7. The lowest BCUT2D eigenvalue weighted by molar-refractivity contribution is -0.387. The van der Waals surface area contributed by atoms with E-state index in [0.717, 1.165) is 25.9 Å². The van der Waals surface area contributed by atoms with Gasteiger partial charge in [-0.05, 0) is 50.9 Å². The summed E-state index contributed by atoms with van der Waals surface area (Å²) in [4.78, 5) is 14.8. The van der Waals surface area contributed by atoms with Crippen LogP contribution < -0.4 is 10.0 Å². The third-order valence-corrected chi connectivity index (χ3v) is 5.80. The molecule has 0 spiro atoms. The molecule has 3 rings (SSSR count). The molecule has 1 unspecified atom stereocenters. The van der Waals surface area contributed by atoms with E-state index in [0.29, 0.717) is 24.8 Å². The Morgan fingerprint density at radius 2 is 1.88 bits per heavy atom. The smallest absolute Gasteiger partial charge is 0.312 e. The molecular weight excluding hydrogens is 332 g/mol. The molecule has 132 valence electrons. The minimum absolute atomic E-state index is 0.343. The van der Waals surface area contributed by atoms with Crippen molar-refractivity contribution in [3.05, 3.63) is 28.3 Å². The van der Waals surface area contributed by atoms with Gasteiger partial charge in [0.25, 0.3) is 0 Å². The van der Waals surface area contributed by atoms with Crippen LogP contribution in [0.4, 0.5) is 11.4 Å². The Morgan fingerprint density at radius 1 is 1.17 bits per heavy atom. The number of hydrogen-bond donors (Lipinski definition) is 1. The molecular formula is C15H22N4O4S. The number of likely N-dealkylation sites (tertiary alicyclic amines) is 1. The van der Waals surface area contributed by atoms with Crippen LogP contribution in [0.3, 0.4) is 0 Å². The molecule has 24 heavy (non-hydrogen) atoms. The number of nitro groups is 1. The van der Waals surface area contributed by atoms with Crippen LogP contribution in [0.25, 0.3) is 0 Å². The molecule has 2 aliphatic heterocycles. The number of sulfonamides is 1. The number of anilines is 1. The Balaban J connectivity index is 1.95. The van der Waals surface area contributed by atoms with Crippen molar-refractivity contribution in [1.29, 1.82) is 0 Å². The van der Waals surface area contributed by atoms with Gasteiger partial charge >= 0.3 is 5.69 Å². The Morgan fingerprint density at radius 3 is 2.50 bits per heavy atom. The van der Waals surface area contributed by atoms with E-state index in [1.807, 2.05) is 4.90 Å². The van der Waals surface area contributed by atoms with Crippen LogP contribution in [0.15, 0.2) is 23.1 Å². The molecule has 0 radical (unpaired) electrons. The summed E-state index contributed by atoms with van der Waals surface area (Å²) < 4.78 is 23.4.